The first-order valence-electron chi connectivity index (χ1n) is 6.63. The molecule has 2 N–H and O–H groups in total. The van der Waals surface area contributed by atoms with Gasteiger partial charge < -0.3 is 10.6 Å². The van der Waals surface area contributed by atoms with Crippen molar-refractivity contribution in [2.24, 2.45) is 5.92 Å². The second-order valence-corrected chi connectivity index (χ2v) is 5.16. The molecular weight excluding hydrogens is 257 g/mol. The summed E-state index contributed by atoms with van der Waals surface area (Å²) < 4.78 is 13.7. The van der Waals surface area contributed by atoms with E-state index >= 15 is 0 Å². The molecule has 0 aliphatic rings. The van der Waals surface area contributed by atoms with Crippen molar-refractivity contribution in [1.29, 1.82) is 5.26 Å². The molecule has 0 bridgehead atoms. The molecule has 1 aromatic rings. The lowest BCUT2D eigenvalue weighted by molar-refractivity contribution is -0.122. The number of halogens is 1. The number of nitrogens with zero attached hydrogens (tertiary/aromatic N) is 1. The first kappa shape index (κ1) is 16.1. The number of hydrogen-bond acceptors (Lipinski definition) is 3. The molecule has 1 atom stereocenters. The molecule has 0 saturated carbocycles. The third-order valence-electron chi connectivity index (χ3n) is 2.86. The Kier molecular flexibility index (Phi) is 6.13. The molecule has 0 aromatic heterocycles. The maximum absolute atomic E-state index is 13.7. The quantitative estimate of drug-likeness (QED) is 0.835. The van der Waals surface area contributed by atoms with Crippen LogP contribution in [0.4, 0.5) is 4.39 Å². The van der Waals surface area contributed by atoms with Gasteiger partial charge in [0.05, 0.1) is 17.7 Å². The van der Waals surface area contributed by atoms with E-state index in [4.69, 9.17) is 5.26 Å². The molecule has 1 aromatic carbocycles. The summed E-state index contributed by atoms with van der Waals surface area (Å²) in [7, 11) is 0. The second-order valence-electron chi connectivity index (χ2n) is 5.16. The molecule has 1 unspecified atom stereocenters. The topological polar surface area (TPSA) is 64.9 Å². The zero-order valence-corrected chi connectivity index (χ0v) is 12.0. The summed E-state index contributed by atoms with van der Waals surface area (Å²) in [6.45, 7) is 6.64. The molecule has 0 heterocycles. The zero-order valence-electron chi connectivity index (χ0n) is 12.0. The standard InChI is InChI=1S/C15H20FN3O/c1-10(2)8-19-15(20)11(3)18-9-13-5-4-12(7-17)6-14(13)16/h4-6,10-11,18H,8-9H2,1-3H3,(H,19,20). The third-order valence-corrected chi connectivity index (χ3v) is 2.86. The summed E-state index contributed by atoms with van der Waals surface area (Å²) in [5.41, 5.74) is 0.724. The zero-order chi connectivity index (χ0) is 15.1. The van der Waals surface area contributed by atoms with Crippen LogP contribution in [-0.2, 0) is 11.3 Å². The van der Waals surface area contributed by atoms with Gasteiger partial charge in [-0.3, -0.25) is 4.79 Å². The van der Waals surface area contributed by atoms with Crippen LogP contribution in [0.2, 0.25) is 0 Å². The molecule has 0 aliphatic heterocycles. The van der Waals surface area contributed by atoms with Gasteiger partial charge in [-0.2, -0.15) is 5.26 Å². The van der Waals surface area contributed by atoms with Crippen molar-refractivity contribution in [3.05, 3.63) is 35.1 Å². The number of carbonyl (C=O) groups excluding carboxylic acids is 1. The predicted octanol–water partition coefficient (Wildman–Crippen LogP) is 1.95. The van der Waals surface area contributed by atoms with Gasteiger partial charge in [0.25, 0.3) is 0 Å². The highest BCUT2D eigenvalue weighted by atomic mass is 19.1. The maximum atomic E-state index is 13.7. The van der Waals surface area contributed by atoms with Crippen LogP contribution in [-0.4, -0.2) is 18.5 Å². The van der Waals surface area contributed by atoms with Crippen LogP contribution in [0.5, 0.6) is 0 Å². The van der Waals surface area contributed by atoms with E-state index in [2.05, 4.69) is 10.6 Å². The SMILES string of the molecule is CC(C)CNC(=O)C(C)NCc1ccc(C#N)cc1F. The van der Waals surface area contributed by atoms with Crippen molar-refractivity contribution in [3.63, 3.8) is 0 Å². The Hall–Kier alpha value is -1.93. The lowest BCUT2D eigenvalue weighted by Gasteiger charge is -2.15. The Morgan fingerprint density at radius 3 is 2.65 bits per heavy atom. The average Bonchev–Trinajstić information content (AvgIpc) is 2.42. The van der Waals surface area contributed by atoms with E-state index in [9.17, 15) is 9.18 Å². The highest BCUT2D eigenvalue weighted by molar-refractivity contribution is 5.81. The van der Waals surface area contributed by atoms with E-state index in [1.54, 1.807) is 19.1 Å². The Balaban J connectivity index is 2.50. The number of benzene rings is 1. The van der Waals surface area contributed by atoms with Crippen molar-refractivity contribution in [1.82, 2.24) is 10.6 Å². The highest BCUT2D eigenvalue weighted by Crippen LogP contribution is 2.09. The van der Waals surface area contributed by atoms with Crippen LogP contribution in [0.15, 0.2) is 18.2 Å². The first-order valence-corrected chi connectivity index (χ1v) is 6.63. The molecular formula is C15H20FN3O. The van der Waals surface area contributed by atoms with Crippen LogP contribution >= 0.6 is 0 Å². The van der Waals surface area contributed by atoms with Gasteiger partial charge in [0.2, 0.25) is 5.91 Å². The summed E-state index contributed by atoms with van der Waals surface area (Å²) in [6, 6.07) is 5.79. The van der Waals surface area contributed by atoms with Gasteiger partial charge in [-0.15, -0.1) is 0 Å². The molecule has 0 aliphatic carbocycles. The van der Waals surface area contributed by atoms with Gasteiger partial charge in [-0.05, 0) is 25.0 Å². The lowest BCUT2D eigenvalue weighted by atomic mass is 10.1. The number of rotatable bonds is 6. The van der Waals surface area contributed by atoms with E-state index in [0.717, 1.165) is 0 Å². The largest absolute Gasteiger partial charge is 0.354 e. The van der Waals surface area contributed by atoms with E-state index < -0.39 is 11.9 Å². The minimum atomic E-state index is -0.439. The molecule has 108 valence electrons. The van der Waals surface area contributed by atoms with Crippen LogP contribution in [0.3, 0.4) is 0 Å². The van der Waals surface area contributed by atoms with E-state index in [-0.39, 0.29) is 18.0 Å². The molecule has 4 nitrogen and oxygen atoms in total. The monoisotopic (exact) mass is 277 g/mol. The van der Waals surface area contributed by atoms with Gasteiger partial charge in [0, 0.05) is 18.7 Å². The predicted molar refractivity (Wildman–Crippen MR) is 75.3 cm³/mol. The Bertz CT molecular complexity index is 508. The summed E-state index contributed by atoms with van der Waals surface area (Å²) in [6.07, 6.45) is 0. The number of hydrogen-bond donors (Lipinski definition) is 2. The number of nitriles is 1. The lowest BCUT2D eigenvalue weighted by Crippen LogP contribution is -2.43. The fourth-order valence-corrected chi connectivity index (χ4v) is 1.57. The van der Waals surface area contributed by atoms with Crippen LogP contribution in [0, 0.1) is 23.1 Å². The number of carbonyl (C=O) groups is 1. The molecule has 1 rings (SSSR count). The molecule has 1 amide bonds. The average molecular weight is 277 g/mol. The second kappa shape index (κ2) is 7.61. The molecule has 20 heavy (non-hydrogen) atoms. The number of amides is 1. The highest BCUT2D eigenvalue weighted by Gasteiger charge is 2.13. The maximum Gasteiger partial charge on any atom is 0.236 e. The van der Waals surface area contributed by atoms with Crippen molar-refractivity contribution in [2.45, 2.75) is 33.4 Å². The Labute approximate surface area is 119 Å². The van der Waals surface area contributed by atoms with Crippen LogP contribution < -0.4 is 10.6 Å². The number of nitrogens with one attached hydrogen (secondary N) is 2. The Morgan fingerprint density at radius 2 is 2.10 bits per heavy atom. The minimum absolute atomic E-state index is 0.104. The molecule has 0 radical (unpaired) electrons. The molecule has 5 heteroatoms. The van der Waals surface area contributed by atoms with Gasteiger partial charge in [-0.1, -0.05) is 19.9 Å². The minimum Gasteiger partial charge on any atom is -0.354 e. The van der Waals surface area contributed by atoms with Crippen molar-refractivity contribution < 1.29 is 9.18 Å². The van der Waals surface area contributed by atoms with E-state index in [1.807, 2.05) is 19.9 Å². The fraction of sp³-hybridized carbons (Fsp3) is 0.467. The third kappa shape index (κ3) is 4.98. The van der Waals surface area contributed by atoms with Gasteiger partial charge in [-0.25, -0.2) is 4.39 Å². The normalized spacial score (nSPS) is 12.0. The van der Waals surface area contributed by atoms with Gasteiger partial charge in [0.15, 0.2) is 0 Å². The fourth-order valence-electron chi connectivity index (χ4n) is 1.57. The smallest absolute Gasteiger partial charge is 0.236 e. The van der Waals surface area contributed by atoms with Gasteiger partial charge >= 0.3 is 0 Å². The van der Waals surface area contributed by atoms with Crippen LogP contribution in [0.1, 0.15) is 31.9 Å². The van der Waals surface area contributed by atoms with E-state index in [1.165, 1.54) is 6.07 Å². The summed E-state index contributed by atoms with van der Waals surface area (Å²) >= 11 is 0. The van der Waals surface area contributed by atoms with Crippen molar-refractivity contribution in [2.75, 3.05) is 6.54 Å². The van der Waals surface area contributed by atoms with Crippen molar-refractivity contribution >= 4 is 5.91 Å². The van der Waals surface area contributed by atoms with Gasteiger partial charge in [0.1, 0.15) is 5.82 Å². The summed E-state index contributed by atoms with van der Waals surface area (Å²) in [4.78, 5) is 11.7. The van der Waals surface area contributed by atoms with Crippen molar-refractivity contribution in [3.8, 4) is 6.07 Å². The molecule has 0 saturated heterocycles. The molecule has 0 fully saturated rings. The first-order chi connectivity index (χ1) is 9.43. The van der Waals surface area contributed by atoms with E-state index in [0.29, 0.717) is 18.0 Å². The Morgan fingerprint density at radius 1 is 1.40 bits per heavy atom. The molecule has 0 spiro atoms. The summed E-state index contributed by atoms with van der Waals surface area (Å²) in [5.74, 6) is -0.152. The summed E-state index contributed by atoms with van der Waals surface area (Å²) in [5, 5.41) is 14.4. The van der Waals surface area contributed by atoms with Crippen LogP contribution in [0.25, 0.3) is 0 Å².